The quantitative estimate of drug-likeness (QED) is 0.797. The van der Waals surface area contributed by atoms with Crippen LogP contribution in [0, 0.1) is 6.92 Å². The van der Waals surface area contributed by atoms with Gasteiger partial charge in [0.15, 0.2) is 0 Å². The van der Waals surface area contributed by atoms with Gasteiger partial charge in [0.2, 0.25) is 0 Å². The van der Waals surface area contributed by atoms with Gasteiger partial charge in [-0.25, -0.2) is 9.48 Å². The van der Waals surface area contributed by atoms with Crippen LogP contribution < -0.4 is 0 Å². The zero-order chi connectivity index (χ0) is 14.8. The highest BCUT2D eigenvalue weighted by Gasteiger charge is 2.12. The number of rotatable bonds is 3. The van der Waals surface area contributed by atoms with Gasteiger partial charge in [0.25, 0.3) is 0 Å². The largest absolute Gasteiger partial charge is 0.478 e. The molecule has 0 spiro atoms. The van der Waals surface area contributed by atoms with Crippen molar-refractivity contribution in [1.29, 1.82) is 0 Å². The zero-order valence-electron chi connectivity index (χ0n) is 11.5. The summed E-state index contributed by atoms with van der Waals surface area (Å²) in [6.07, 6.45) is 1.72. The van der Waals surface area contributed by atoms with Gasteiger partial charge in [-0.05, 0) is 42.8 Å². The minimum Gasteiger partial charge on any atom is -0.478 e. The highest BCUT2D eigenvalue weighted by Crippen LogP contribution is 2.26. The Kier molecular flexibility index (Phi) is 3.28. The molecular weight excluding hydrogens is 264 g/mol. The molecular formula is C17H14N2O2. The molecule has 0 unspecified atom stereocenters. The fourth-order valence-electron chi connectivity index (χ4n) is 2.31. The molecule has 0 saturated heterocycles. The van der Waals surface area contributed by atoms with E-state index in [-0.39, 0.29) is 5.56 Å². The molecule has 0 aliphatic heterocycles. The van der Waals surface area contributed by atoms with Crippen LogP contribution in [0.1, 0.15) is 15.9 Å². The number of hydrogen-bond donors (Lipinski definition) is 1. The Hall–Kier alpha value is -2.88. The number of hydrogen-bond acceptors (Lipinski definition) is 2. The van der Waals surface area contributed by atoms with Crippen LogP contribution in [-0.4, -0.2) is 20.9 Å². The molecule has 0 aliphatic carbocycles. The summed E-state index contributed by atoms with van der Waals surface area (Å²) in [6.45, 7) is 1.96. The van der Waals surface area contributed by atoms with E-state index in [0.717, 1.165) is 22.5 Å². The standard InChI is InChI=1S/C17H14N2O2/c1-12-7-8-13(17(20)21)11-15(12)16-9-10-18-19(16)14-5-3-2-4-6-14/h2-11H,1H3,(H,20,21). The first kappa shape index (κ1) is 13.1. The molecule has 1 heterocycles. The molecule has 4 heteroatoms. The lowest BCUT2D eigenvalue weighted by Gasteiger charge is -2.10. The van der Waals surface area contributed by atoms with Crippen molar-refractivity contribution < 1.29 is 9.90 Å². The summed E-state index contributed by atoms with van der Waals surface area (Å²) in [5, 5.41) is 13.5. The summed E-state index contributed by atoms with van der Waals surface area (Å²) in [5.74, 6) is -0.929. The van der Waals surface area contributed by atoms with Crippen molar-refractivity contribution >= 4 is 5.97 Å². The lowest BCUT2D eigenvalue weighted by Crippen LogP contribution is -2.02. The van der Waals surface area contributed by atoms with Crippen LogP contribution in [0.15, 0.2) is 60.8 Å². The maximum absolute atomic E-state index is 11.2. The number of carboxylic acids is 1. The normalized spacial score (nSPS) is 10.5. The first-order chi connectivity index (χ1) is 10.2. The molecule has 0 atom stereocenters. The van der Waals surface area contributed by atoms with E-state index < -0.39 is 5.97 Å². The predicted octanol–water partition coefficient (Wildman–Crippen LogP) is 3.55. The fourth-order valence-corrected chi connectivity index (χ4v) is 2.31. The van der Waals surface area contributed by atoms with Crippen LogP contribution in [0.3, 0.4) is 0 Å². The molecule has 3 rings (SSSR count). The van der Waals surface area contributed by atoms with Crippen molar-refractivity contribution in [2.75, 3.05) is 0 Å². The van der Waals surface area contributed by atoms with E-state index in [9.17, 15) is 4.79 Å². The fraction of sp³-hybridized carbons (Fsp3) is 0.0588. The summed E-state index contributed by atoms with van der Waals surface area (Å²) >= 11 is 0. The predicted molar refractivity (Wildman–Crippen MR) is 80.7 cm³/mol. The average molecular weight is 278 g/mol. The third-order valence-corrected chi connectivity index (χ3v) is 3.40. The summed E-state index contributed by atoms with van der Waals surface area (Å²) in [5.41, 5.74) is 3.98. The number of para-hydroxylation sites is 1. The van der Waals surface area contributed by atoms with Crippen LogP contribution in [0.5, 0.6) is 0 Å². The van der Waals surface area contributed by atoms with E-state index in [1.54, 1.807) is 18.3 Å². The maximum Gasteiger partial charge on any atom is 0.335 e. The maximum atomic E-state index is 11.2. The van der Waals surface area contributed by atoms with Gasteiger partial charge in [-0.15, -0.1) is 0 Å². The molecule has 0 amide bonds. The van der Waals surface area contributed by atoms with Gasteiger partial charge >= 0.3 is 5.97 Å². The number of carbonyl (C=O) groups is 1. The highest BCUT2D eigenvalue weighted by molar-refractivity contribution is 5.89. The topological polar surface area (TPSA) is 55.1 Å². The van der Waals surface area contributed by atoms with Crippen molar-refractivity contribution in [1.82, 2.24) is 9.78 Å². The third-order valence-electron chi connectivity index (χ3n) is 3.40. The molecule has 104 valence electrons. The lowest BCUT2D eigenvalue weighted by atomic mass is 10.0. The van der Waals surface area contributed by atoms with Crippen LogP contribution >= 0.6 is 0 Å². The summed E-state index contributed by atoms with van der Waals surface area (Å²) in [4.78, 5) is 11.2. The van der Waals surface area contributed by atoms with Crippen molar-refractivity contribution in [3.8, 4) is 16.9 Å². The molecule has 0 saturated carbocycles. The summed E-state index contributed by atoms with van der Waals surface area (Å²) in [7, 11) is 0. The number of carboxylic acid groups (broad SMARTS) is 1. The molecule has 0 radical (unpaired) electrons. The Morgan fingerprint density at radius 3 is 2.57 bits per heavy atom. The van der Waals surface area contributed by atoms with E-state index in [1.807, 2.05) is 54.1 Å². The Labute approximate surface area is 122 Å². The Balaban J connectivity index is 2.17. The molecule has 2 aromatic carbocycles. The van der Waals surface area contributed by atoms with Crippen LogP contribution in [0.25, 0.3) is 16.9 Å². The van der Waals surface area contributed by atoms with Gasteiger partial charge in [0.1, 0.15) is 0 Å². The molecule has 0 bridgehead atoms. The van der Waals surface area contributed by atoms with E-state index in [1.165, 1.54) is 0 Å². The van der Waals surface area contributed by atoms with Crippen molar-refractivity contribution in [2.24, 2.45) is 0 Å². The monoisotopic (exact) mass is 278 g/mol. The zero-order valence-corrected chi connectivity index (χ0v) is 11.5. The Morgan fingerprint density at radius 2 is 1.86 bits per heavy atom. The number of nitrogens with zero attached hydrogens (tertiary/aromatic N) is 2. The SMILES string of the molecule is Cc1ccc(C(=O)O)cc1-c1ccnn1-c1ccccc1. The number of benzene rings is 2. The second-order valence-electron chi connectivity index (χ2n) is 4.80. The third kappa shape index (κ3) is 2.43. The van der Waals surface area contributed by atoms with Gasteiger partial charge in [-0.1, -0.05) is 24.3 Å². The van der Waals surface area contributed by atoms with E-state index in [4.69, 9.17) is 5.11 Å². The Bertz CT molecular complexity index is 792. The first-order valence-electron chi connectivity index (χ1n) is 6.60. The average Bonchev–Trinajstić information content (AvgIpc) is 2.97. The summed E-state index contributed by atoms with van der Waals surface area (Å²) in [6, 6.07) is 16.8. The molecule has 0 aliphatic rings. The second-order valence-corrected chi connectivity index (χ2v) is 4.80. The molecule has 1 N–H and O–H groups in total. The molecule has 1 aromatic heterocycles. The molecule has 4 nitrogen and oxygen atoms in total. The Morgan fingerprint density at radius 1 is 1.10 bits per heavy atom. The smallest absolute Gasteiger partial charge is 0.335 e. The van der Waals surface area contributed by atoms with E-state index in [0.29, 0.717) is 0 Å². The summed E-state index contributed by atoms with van der Waals surface area (Å²) < 4.78 is 1.81. The minimum absolute atomic E-state index is 0.274. The molecule has 3 aromatic rings. The lowest BCUT2D eigenvalue weighted by molar-refractivity contribution is 0.0697. The molecule has 0 fully saturated rings. The van der Waals surface area contributed by atoms with Crippen molar-refractivity contribution in [3.63, 3.8) is 0 Å². The van der Waals surface area contributed by atoms with Gasteiger partial charge in [0, 0.05) is 5.56 Å². The van der Waals surface area contributed by atoms with E-state index in [2.05, 4.69) is 5.10 Å². The van der Waals surface area contributed by atoms with E-state index >= 15 is 0 Å². The van der Waals surface area contributed by atoms with Gasteiger partial charge in [-0.2, -0.15) is 5.10 Å². The van der Waals surface area contributed by atoms with Crippen molar-refractivity contribution in [3.05, 3.63) is 71.9 Å². The van der Waals surface area contributed by atoms with Crippen LogP contribution in [0.2, 0.25) is 0 Å². The van der Waals surface area contributed by atoms with Crippen LogP contribution in [0.4, 0.5) is 0 Å². The second kappa shape index (κ2) is 5.25. The first-order valence-corrected chi connectivity index (χ1v) is 6.60. The number of aryl methyl sites for hydroxylation is 1. The van der Waals surface area contributed by atoms with Crippen molar-refractivity contribution in [2.45, 2.75) is 6.92 Å². The number of aromatic carboxylic acids is 1. The molecule has 21 heavy (non-hydrogen) atoms. The number of aromatic nitrogens is 2. The highest BCUT2D eigenvalue weighted by atomic mass is 16.4. The minimum atomic E-state index is -0.929. The van der Waals surface area contributed by atoms with Gasteiger partial charge in [-0.3, -0.25) is 0 Å². The van der Waals surface area contributed by atoms with Gasteiger partial charge in [0.05, 0.1) is 23.1 Å². The van der Waals surface area contributed by atoms with Crippen LogP contribution in [-0.2, 0) is 0 Å². The van der Waals surface area contributed by atoms with Gasteiger partial charge < -0.3 is 5.11 Å².